The van der Waals surface area contributed by atoms with Crippen LogP contribution in [0.5, 0.6) is 0 Å². The molecule has 0 bridgehead atoms. The second kappa shape index (κ2) is 10.3. The summed E-state index contributed by atoms with van der Waals surface area (Å²) in [5.74, 6) is 1.08. The molecule has 0 amide bonds. The number of hydrogen-bond acceptors (Lipinski definition) is 2. The highest BCUT2D eigenvalue weighted by Crippen LogP contribution is 2.38. The van der Waals surface area contributed by atoms with E-state index in [-0.39, 0.29) is 24.8 Å². The molecule has 3 nitrogen and oxygen atoms in total. The number of benzene rings is 3. The average molecular weight is 451 g/mol. The number of aliphatic imine (C=N–C) groups is 1. The van der Waals surface area contributed by atoms with Gasteiger partial charge in [0.25, 0.3) is 0 Å². The van der Waals surface area contributed by atoms with Crippen molar-refractivity contribution in [2.45, 2.75) is 13.0 Å². The molecule has 0 radical (unpaired) electrons. The molecular weight excluding hydrogens is 425 g/mol. The molecular formula is C23H26Cl3N3. The van der Waals surface area contributed by atoms with E-state index in [0.29, 0.717) is 0 Å². The quantitative estimate of drug-likeness (QED) is 0.425. The van der Waals surface area contributed by atoms with E-state index in [1.54, 1.807) is 0 Å². The first kappa shape index (κ1) is 23.5. The summed E-state index contributed by atoms with van der Waals surface area (Å²) >= 11 is 6.06. The van der Waals surface area contributed by atoms with E-state index in [2.05, 4.69) is 72.4 Å². The van der Waals surface area contributed by atoms with Gasteiger partial charge in [0.05, 0.1) is 5.69 Å². The molecule has 29 heavy (non-hydrogen) atoms. The lowest BCUT2D eigenvalue weighted by Gasteiger charge is -2.21. The summed E-state index contributed by atoms with van der Waals surface area (Å²) in [5.41, 5.74) is 3.71. The Bertz CT molecular complexity index is 979. The second-order valence-electron chi connectivity index (χ2n) is 7.26. The SMILES string of the molecule is CN(C)CCC/N=C1/c2cccc3cccc(c23)N1Cc1ccc(Cl)cc1.Cl.Cl. The molecule has 0 spiro atoms. The van der Waals surface area contributed by atoms with Crippen molar-refractivity contribution >= 4 is 58.7 Å². The number of hydrogen-bond donors (Lipinski definition) is 0. The summed E-state index contributed by atoms with van der Waals surface area (Å²) in [7, 11) is 4.21. The highest BCUT2D eigenvalue weighted by molar-refractivity contribution is 6.30. The van der Waals surface area contributed by atoms with Gasteiger partial charge in [-0.2, -0.15) is 0 Å². The molecule has 0 saturated heterocycles. The van der Waals surface area contributed by atoms with Crippen molar-refractivity contribution in [3.63, 3.8) is 0 Å². The van der Waals surface area contributed by atoms with Gasteiger partial charge in [0.2, 0.25) is 0 Å². The maximum Gasteiger partial charge on any atom is 0.136 e. The third-order valence-corrected chi connectivity index (χ3v) is 5.20. The Balaban J connectivity index is 0.00000150. The topological polar surface area (TPSA) is 18.8 Å². The molecule has 0 N–H and O–H groups in total. The monoisotopic (exact) mass is 449 g/mol. The second-order valence-corrected chi connectivity index (χ2v) is 7.69. The Morgan fingerprint density at radius 2 is 1.62 bits per heavy atom. The molecule has 4 rings (SSSR count). The molecule has 3 aromatic rings. The van der Waals surface area contributed by atoms with Crippen molar-refractivity contribution in [3.8, 4) is 0 Å². The van der Waals surface area contributed by atoms with E-state index in [9.17, 15) is 0 Å². The summed E-state index contributed by atoms with van der Waals surface area (Å²) in [5, 5.41) is 3.34. The predicted molar refractivity (Wildman–Crippen MR) is 131 cm³/mol. The van der Waals surface area contributed by atoms with Crippen LogP contribution in [-0.2, 0) is 6.54 Å². The lowest BCUT2D eigenvalue weighted by molar-refractivity contribution is 0.403. The first-order valence-electron chi connectivity index (χ1n) is 9.37. The van der Waals surface area contributed by atoms with Gasteiger partial charge in [-0.1, -0.05) is 54.1 Å². The van der Waals surface area contributed by atoms with Gasteiger partial charge >= 0.3 is 0 Å². The van der Waals surface area contributed by atoms with Crippen molar-refractivity contribution in [3.05, 3.63) is 76.8 Å². The number of halogens is 3. The van der Waals surface area contributed by atoms with Gasteiger partial charge in [-0.15, -0.1) is 24.8 Å². The molecule has 3 aromatic carbocycles. The predicted octanol–water partition coefficient (Wildman–Crippen LogP) is 6.06. The van der Waals surface area contributed by atoms with Gasteiger partial charge in [0.1, 0.15) is 5.84 Å². The Hall–Kier alpha value is -1.78. The molecule has 0 aliphatic carbocycles. The minimum atomic E-state index is 0. The van der Waals surface area contributed by atoms with Crippen molar-refractivity contribution in [2.24, 2.45) is 4.99 Å². The largest absolute Gasteiger partial charge is 0.321 e. The summed E-state index contributed by atoms with van der Waals surface area (Å²) in [6.45, 7) is 2.66. The zero-order valence-corrected chi connectivity index (χ0v) is 19.0. The van der Waals surface area contributed by atoms with E-state index >= 15 is 0 Å². The van der Waals surface area contributed by atoms with Gasteiger partial charge in [-0.05, 0) is 56.2 Å². The number of rotatable bonds is 6. The fourth-order valence-electron chi connectivity index (χ4n) is 3.67. The zero-order valence-electron chi connectivity index (χ0n) is 16.6. The molecule has 0 unspecified atom stereocenters. The highest BCUT2D eigenvalue weighted by Gasteiger charge is 2.27. The number of anilines is 1. The van der Waals surface area contributed by atoms with Crippen LogP contribution in [0.25, 0.3) is 10.8 Å². The van der Waals surface area contributed by atoms with E-state index in [1.165, 1.54) is 27.6 Å². The lowest BCUT2D eigenvalue weighted by atomic mass is 10.1. The zero-order chi connectivity index (χ0) is 18.8. The Labute approximate surface area is 190 Å². The Kier molecular flexibility index (Phi) is 8.35. The molecule has 0 saturated carbocycles. The van der Waals surface area contributed by atoms with E-state index in [0.717, 1.165) is 36.9 Å². The first-order chi connectivity index (χ1) is 13.1. The van der Waals surface area contributed by atoms with Crippen LogP contribution >= 0.6 is 36.4 Å². The summed E-state index contributed by atoms with van der Waals surface area (Å²) in [6.07, 6.45) is 1.05. The van der Waals surface area contributed by atoms with Gasteiger partial charge in [-0.25, -0.2) is 0 Å². The Morgan fingerprint density at radius 3 is 2.31 bits per heavy atom. The van der Waals surface area contributed by atoms with Gasteiger partial charge in [-0.3, -0.25) is 4.99 Å². The smallest absolute Gasteiger partial charge is 0.136 e. The van der Waals surface area contributed by atoms with Crippen molar-refractivity contribution in [1.29, 1.82) is 0 Å². The normalized spacial score (nSPS) is 13.7. The van der Waals surface area contributed by atoms with Crippen LogP contribution in [-0.4, -0.2) is 37.9 Å². The van der Waals surface area contributed by atoms with Crippen molar-refractivity contribution in [2.75, 3.05) is 32.1 Å². The lowest BCUT2D eigenvalue weighted by Crippen LogP contribution is -2.27. The van der Waals surface area contributed by atoms with E-state index in [4.69, 9.17) is 16.6 Å². The Morgan fingerprint density at radius 1 is 0.931 bits per heavy atom. The van der Waals surface area contributed by atoms with Gasteiger partial charge in [0, 0.05) is 29.1 Å². The maximum absolute atomic E-state index is 6.06. The molecule has 1 aliphatic heterocycles. The van der Waals surface area contributed by atoms with Crippen LogP contribution in [0.3, 0.4) is 0 Å². The fraction of sp³-hybridized carbons (Fsp3) is 0.261. The third kappa shape index (κ3) is 5.04. The standard InChI is InChI=1S/C23H24ClN3.2ClH/c1-26(2)15-5-14-25-23-20-8-3-6-18-7-4-9-21(22(18)20)27(23)16-17-10-12-19(24)13-11-17;;/h3-4,6-13H,5,14-16H2,1-2H3;2*1H/b25-23-;;. The third-order valence-electron chi connectivity index (χ3n) is 4.95. The van der Waals surface area contributed by atoms with Gasteiger partial charge in [0.15, 0.2) is 0 Å². The molecule has 1 heterocycles. The molecule has 154 valence electrons. The molecule has 0 aromatic heterocycles. The van der Waals surface area contributed by atoms with Crippen molar-refractivity contribution in [1.82, 2.24) is 4.90 Å². The molecule has 0 fully saturated rings. The van der Waals surface area contributed by atoms with Crippen LogP contribution < -0.4 is 4.90 Å². The van der Waals surface area contributed by atoms with E-state index in [1.807, 2.05) is 12.1 Å². The summed E-state index contributed by atoms with van der Waals surface area (Å²) < 4.78 is 0. The van der Waals surface area contributed by atoms with Crippen LogP contribution in [0.15, 0.2) is 65.7 Å². The van der Waals surface area contributed by atoms with E-state index < -0.39 is 0 Å². The highest BCUT2D eigenvalue weighted by atomic mass is 35.5. The van der Waals surface area contributed by atoms with Crippen molar-refractivity contribution < 1.29 is 0 Å². The first-order valence-corrected chi connectivity index (χ1v) is 9.74. The minimum absolute atomic E-state index is 0. The maximum atomic E-state index is 6.06. The number of amidine groups is 1. The molecule has 0 atom stereocenters. The van der Waals surface area contributed by atoms with Crippen LogP contribution in [0.4, 0.5) is 5.69 Å². The van der Waals surface area contributed by atoms with Crippen LogP contribution in [0, 0.1) is 0 Å². The molecule has 6 heteroatoms. The van der Waals surface area contributed by atoms with Crippen LogP contribution in [0.1, 0.15) is 17.5 Å². The van der Waals surface area contributed by atoms with Gasteiger partial charge < -0.3 is 9.80 Å². The summed E-state index contributed by atoms with van der Waals surface area (Å²) in [4.78, 5) is 9.57. The molecule has 1 aliphatic rings. The fourth-order valence-corrected chi connectivity index (χ4v) is 3.79. The minimum Gasteiger partial charge on any atom is -0.321 e. The number of nitrogens with zero attached hydrogens (tertiary/aromatic N) is 3. The summed E-state index contributed by atoms with van der Waals surface area (Å²) in [6, 6.07) is 21.1. The average Bonchev–Trinajstić information content (AvgIpc) is 2.96. The van der Waals surface area contributed by atoms with Crippen LogP contribution in [0.2, 0.25) is 5.02 Å².